The fourth-order valence-electron chi connectivity index (χ4n) is 3.92. The van der Waals surface area contributed by atoms with Crippen molar-refractivity contribution in [1.82, 2.24) is 9.80 Å². The highest BCUT2D eigenvalue weighted by molar-refractivity contribution is 6.55. The largest absolute Gasteiger partial charge is 0.632 e. The number of carbonyl (C=O) groups is 4. The molecule has 202 valence electrons. The maximum Gasteiger partial charge on any atom is 0.632 e. The average Bonchev–Trinajstić information content (AvgIpc) is 3.67. The molecular weight excluding hydrogens is 506 g/mol. The molecule has 0 aromatic heterocycles. The number of hydrogen-bond donors (Lipinski definition) is 0. The van der Waals surface area contributed by atoms with Crippen molar-refractivity contribution >= 4 is 44.2 Å². The minimum Gasteiger partial charge on any atom is -0.496 e. The van der Waals surface area contributed by atoms with E-state index in [0.29, 0.717) is 0 Å². The number of carbonyl (C=O) groups excluding carboxylic acids is 4. The first-order chi connectivity index (χ1) is 18.8. The summed E-state index contributed by atoms with van der Waals surface area (Å²) in [5, 5.41) is 0. The molecule has 3 aliphatic rings. The molecule has 0 N–H and O–H groups in total. The lowest BCUT2D eigenvalue weighted by molar-refractivity contribution is -0.147. The zero-order valence-corrected chi connectivity index (χ0v) is 21.6. The minimum absolute atomic E-state index is 0.0638. The maximum absolute atomic E-state index is 11.6. The van der Waals surface area contributed by atoms with E-state index >= 15 is 0 Å². The summed E-state index contributed by atoms with van der Waals surface area (Å²) in [7, 11) is 1.38. The Balaban J connectivity index is 0.000000181. The summed E-state index contributed by atoms with van der Waals surface area (Å²) in [6, 6.07) is 18.6. The zero-order valence-electron chi connectivity index (χ0n) is 21.6. The standard InChI is InChI=1S/C13H14BNO5.C13H14BNO4/c1-15-7-10(16)19-14(20-11(17)8-15)13-12(18-13)9-5-3-2-4-6-9;1-15-9-12(16)18-14(19-13(17)10-15)8-7-11-5-3-2-4-6-11/h2-6,12-13H,7-8H2,1H3;2-8H,9-10H2,1H3/b;8-7+/t12-,13?;/m0./s1. The molecule has 0 bridgehead atoms. The summed E-state index contributed by atoms with van der Waals surface area (Å²) in [6.45, 7) is 0.276. The second-order valence-electron chi connectivity index (χ2n) is 9.24. The van der Waals surface area contributed by atoms with Crippen LogP contribution < -0.4 is 0 Å². The first-order valence-corrected chi connectivity index (χ1v) is 12.4. The van der Waals surface area contributed by atoms with Gasteiger partial charge in [0.25, 0.3) is 0 Å². The topological polar surface area (TPSA) is 124 Å². The van der Waals surface area contributed by atoms with Crippen molar-refractivity contribution in [2.75, 3.05) is 40.3 Å². The number of hydrogen-bond acceptors (Lipinski definition) is 11. The lowest BCUT2D eigenvalue weighted by Crippen LogP contribution is -2.45. The van der Waals surface area contributed by atoms with E-state index in [1.54, 1.807) is 35.9 Å². The molecule has 0 spiro atoms. The Hall–Kier alpha value is -3.93. The third kappa shape index (κ3) is 8.81. The highest BCUT2D eigenvalue weighted by Crippen LogP contribution is 2.40. The summed E-state index contributed by atoms with van der Waals surface area (Å²) in [5.74, 6) is -0.133. The number of ether oxygens (including phenoxy) is 1. The molecule has 3 heterocycles. The van der Waals surface area contributed by atoms with Gasteiger partial charge in [0.05, 0.1) is 26.2 Å². The van der Waals surface area contributed by atoms with Crippen LogP contribution in [0.25, 0.3) is 6.08 Å². The van der Waals surface area contributed by atoms with Gasteiger partial charge in [-0.3, -0.25) is 29.0 Å². The smallest absolute Gasteiger partial charge is 0.496 e. The molecule has 3 aliphatic heterocycles. The predicted molar refractivity (Wildman–Crippen MR) is 140 cm³/mol. The number of benzene rings is 2. The molecule has 11 nitrogen and oxygen atoms in total. The Labute approximate surface area is 226 Å². The van der Waals surface area contributed by atoms with Crippen LogP contribution in [0.5, 0.6) is 0 Å². The van der Waals surface area contributed by atoms with Crippen molar-refractivity contribution < 1.29 is 42.5 Å². The molecule has 0 saturated carbocycles. The van der Waals surface area contributed by atoms with Gasteiger partial charge in [0, 0.05) is 0 Å². The summed E-state index contributed by atoms with van der Waals surface area (Å²) in [5.41, 5.74) is 1.91. The number of rotatable bonds is 4. The molecule has 2 aromatic rings. The van der Waals surface area contributed by atoms with E-state index in [9.17, 15) is 19.2 Å². The summed E-state index contributed by atoms with van der Waals surface area (Å²) in [4.78, 5) is 49.3. The first kappa shape index (κ1) is 28.1. The van der Waals surface area contributed by atoms with E-state index in [1.807, 2.05) is 60.7 Å². The second kappa shape index (κ2) is 13.2. The Kier molecular flexibility index (Phi) is 9.53. The normalized spacial score (nSPS) is 22.7. The lowest BCUT2D eigenvalue weighted by atomic mass is 9.80. The highest BCUT2D eigenvalue weighted by Gasteiger charge is 2.56. The van der Waals surface area contributed by atoms with E-state index in [4.69, 9.17) is 23.4 Å². The van der Waals surface area contributed by atoms with Gasteiger partial charge in [-0.1, -0.05) is 66.7 Å². The maximum atomic E-state index is 11.6. The van der Waals surface area contributed by atoms with Crippen LogP contribution in [0.2, 0.25) is 0 Å². The van der Waals surface area contributed by atoms with Crippen LogP contribution in [0.3, 0.4) is 0 Å². The third-order valence-electron chi connectivity index (χ3n) is 5.75. The quantitative estimate of drug-likeness (QED) is 0.412. The predicted octanol–water partition coefficient (Wildman–Crippen LogP) is 0.945. The number of likely N-dealkylation sites (N-methyl/N-ethyl adjacent to an activating group) is 2. The highest BCUT2D eigenvalue weighted by atomic mass is 16.7. The number of epoxide rings is 1. The third-order valence-corrected chi connectivity index (χ3v) is 5.75. The molecule has 39 heavy (non-hydrogen) atoms. The Morgan fingerprint density at radius 2 is 1.15 bits per heavy atom. The van der Waals surface area contributed by atoms with Gasteiger partial charge >= 0.3 is 38.1 Å². The van der Waals surface area contributed by atoms with Gasteiger partial charge < -0.3 is 23.4 Å². The van der Waals surface area contributed by atoms with Crippen LogP contribution >= 0.6 is 0 Å². The van der Waals surface area contributed by atoms with Crippen molar-refractivity contribution in [2.45, 2.75) is 12.1 Å². The molecule has 3 fully saturated rings. The molecular formula is C26H28B2N2O9. The molecule has 2 aromatic carbocycles. The van der Waals surface area contributed by atoms with Gasteiger partial charge in [0.1, 0.15) is 6.10 Å². The van der Waals surface area contributed by atoms with E-state index in [2.05, 4.69) is 0 Å². The van der Waals surface area contributed by atoms with Crippen LogP contribution in [-0.4, -0.2) is 94.2 Å². The summed E-state index contributed by atoms with van der Waals surface area (Å²) >= 11 is 0. The van der Waals surface area contributed by atoms with Gasteiger partial charge in [-0.2, -0.15) is 0 Å². The van der Waals surface area contributed by atoms with Gasteiger partial charge in [-0.15, -0.1) is 0 Å². The molecule has 1 unspecified atom stereocenters. The Morgan fingerprint density at radius 3 is 1.67 bits per heavy atom. The van der Waals surface area contributed by atoms with E-state index in [0.717, 1.165) is 11.1 Å². The van der Waals surface area contributed by atoms with Crippen molar-refractivity contribution in [3.8, 4) is 0 Å². The SMILES string of the molecule is CN1CC(=O)OB(/C=C/c2ccccc2)OC(=O)C1.CN1CC(=O)OB(C2O[C@H]2c2ccccc2)OC(=O)C1. The fourth-order valence-corrected chi connectivity index (χ4v) is 3.92. The molecule has 5 rings (SSSR count). The van der Waals surface area contributed by atoms with Gasteiger partial charge in [0.15, 0.2) is 6.00 Å². The fraction of sp³-hybridized carbons (Fsp3) is 0.308. The van der Waals surface area contributed by atoms with Crippen LogP contribution in [-0.2, 0) is 42.5 Å². The van der Waals surface area contributed by atoms with Gasteiger partial charge in [0.2, 0.25) is 0 Å². The lowest BCUT2D eigenvalue weighted by Gasteiger charge is -2.21. The van der Waals surface area contributed by atoms with Crippen molar-refractivity contribution in [2.24, 2.45) is 0 Å². The van der Waals surface area contributed by atoms with Gasteiger partial charge in [-0.25, -0.2) is 0 Å². The molecule has 0 aliphatic carbocycles. The monoisotopic (exact) mass is 534 g/mol. The van der Waals surface area contributed by atoms with Crippen LogP contribution in [0.4, 0.5) is 0 Å². The minimum atomic E-state index is -0.964. The van der Waals surface area contributed by atoms with E-state index in [1.165, 1.54) is 0 Å². The van der Waals surface area contributed by atoms with Crippen molar-refractivity contribution in [1.29, 1.82) is 0 Å². The molecule has 2 atom stereocenters. The summed E-state index contributed by atoms with van der Waals surface area (Å²) in [6.07, 6.45) is 1.55. The Bertz CT molecular complexity index is 1160. The molecule has 0 amide bonds. The van der Waals surface area contributed by atoms with Crippen molar-refractivity contribution in [3.63, 3.8) is 0 Å². The first-order valence-electron chi connectivity index (χ1n) is 12.4. The van der Waals surface area contributed by atoms with Crippen LogP contribution in [0.1, 0.15) is 17.2 Å². The molecule has 3 saturated heterocycles. The van der Waals surface area contributed by atoms with Crippen LogP contribution in [0.15, 0.2) is 66.6 Å². The average molecular weight is 534 g/mol. The number of nitrogens with zero attached hydrogens (tertiary/aromatic N) is 2. The Morgan fingerprint density at radius 1 is 0.692 bits per heavy atom. The second-order valence-corrected chi connectivity index (χ2v) is 9.24. The van der Waals surface area contributed by atoms with E-state index < -0.39 is 44.1 Å². The summed E-state index contributed by atoms with van der Waals surface area (Å²) < 4.78 is 25.9. The van der Waals surface area contributed by atoms with E-state index in [-0.39, 0.29) is 32.3 Å². The zero-order chi connectivity index (χ0) is 27.8. The molecule has 0 radical (unpaired) electrons. The van der Waals surface area contributed by atoms with Crippen LogP contribution in [0, 0.1) is 0 Å². The molecule has 13 heteroatoms. The van der Waals surface area contributed by atoms with Gasteiger partial charge in [-0.05, 0) is 31.2 Å². The van der Waals surface area contributed by atoms with Crippen molar-refractivity contribution in [3.05, 3.63) is 77.8 Å².